The first kappa shape index (κ1) is 21.1. The van der Waals surface area contributed by atoms with Crippen molar-refractivity contribution in [2.75, 3.05) is 39.8 Å². The summed E-state index contributed by atoms with van der Waals surface area (Å²) in [5.41, 5.74) is 4.21. The minimum Gasteiger partial charge on any atom is -0.497 e. The minimum atomic E-state index is 0.144. The van der Waals surface area contributed by atoms with Crippen molar-refractivity contribution in [1.29, 1.82) is 0 Å². The maximum atomic E-state index is 12.6. The minimum absolute atomic E-state index is 0.144. The number of Topliss-reactive ketones (excluding diaryl/α,β-unsaturated/α-hetero) is 1. The number of amides is 1. The molecule has 1 heterocycles. The van der Waals surface area contributed by atoms with Gasteiger partial charge in [0.1, 0.15) is 5.75 Å². The lowest BCUT2D eigenvalue weighted by atomic mass is 10.0. The van der Waals surface area contributed by atoms with E-state index in [1.165, 1.54) is 5.56 Å². The molecule has 0 radical (unpaired) electrons. The highest BCUT2D eigenvalue weighted by atomic mass is 16.5. The Hall–Kier alpha value is -2.66. The molecular formula is C24H30N2O3. The third-order valence-corrected chi connectivity index (χ3v) is 5.68. The van der Waals surface area contributed by atoms with Gasteiger partial charge in [-0.2, -0.15) is 0 Å². The summed E-state index contributed by atoms with van der Waals surface area (Å²) in [4.78, 5) is 29.2. The van der Waals surface area contributed by atoms with Crippen molar-refractivity contribution in [1.82, 2.24) is 9.80 Å². The van der Waals surface area contributed by atoms with Gasteiger partial charge in [0.2, 0.25) is 5.91 Å². The van der Waals surface area contributed by atoms with Gasteiger partial charge in [0.05, 0.1) is 13.7 Å². The van der Waals surface area contributed by atoms with E-state index in [2.05, 4.69) is 4.90 Å². The molecule has 2 aromatic rings. The monoisotopic (exact) mass is 394 g/mol. The SMILES string of the molecule is COc1cccc(CCC(=O)N2CCN(CC(=O)c3ccc(C)c(C)c3)CC2)c1. The van der Waals surface area contributed by atoms with E-state index in [9.17, 15) is 9.59 Å². The van der Waals surface area contributed by atoms with Crippen molar-refractivity contribution >= 4 is 11.7 Å². The fourth-order valence-corrected chi connectivity index (χ4v) is 3.60. The number of piperazine rings is 1. The van der Waals surface area contributed by atoms with Crippen molar-refractivity contribution in [3.8, 4) is 5.75 Å². The number of ether oxygens (including phenoxy) is 1. The van der Waals surface area contributed by atoms with E-state index in [1.54, 1.807) is 7.11 Å². The molecule has 1 amide bonds. The highest BCUT2D eigenvalue weighted by Crippen LogP contribution is 2.15. The van der Waals surface area contributed by atoms with Crippen LogP contribution in [0.4, 0.5) is 0 Å². The second-order valence-corrected chi connectivity index (χ2v) is 7.73. The van der Waals surface area contributed by atoms with Crippen LogP contribution in [0.3, 0.4) is 0 Å². The van der Waals surface area contributed by atoms with Gasteiger partial charge >= 0.3 is 0 Å². The first-order valence-corrected chi connectivity index (χ1v) is 10.2. The maximum Gasteiger partial charge on any atom is 0.222 e. The first-order valence-electron chi connectivity index (χ1n) is 10.2. The van der Waals surface area contributed by atoms with Gasteiger partial charge in [0.15, 0.2) is 5.78 Å². The molecule has 0 N–H and O–H groups in total. The molecule has 5 heteroatoms. The van der Waals surface area contributed by atoms with Gasteiger partial charge in [-0.25, -0.2) is 0 Å². The standard InChI is InChI=1S/C24H30N2O3/c1-18-7-9-21(15-19(18)2)23(27)17-25-11-13-26(14-12-25)24(28)10-8-20-5-4-6-22(16-20)29-3/h4-7,9,15-16H,8,10-14,17H2,1-3H3. The summed E-state index contributed by atoms with van der Waals surface area (Å²) in [5.74, 6) is 1.14. The third-order valence-electron chi connectivity index (χ3n) is 5.68. The number of methoxy groups -OCH3 is 1. The van der Waals surface area contributed by atoms with Crippen LogP contribution in [0.5, 0.6) is 5.75 Å². The Bertz CT molecular complexity index is 870. The number of aryl methyl sites for hydroxylation is 3. The van der Waals surface area contributed by atoms with Crippen molar-refractivity contribution < 1.29 is 14.3 Å². The van der Waals surface area contributed by atoms with Crippen molar-refractivity contribution in [3.63, 3.8) is 0 Å². The van der Waals surface area contributed by atoms with Crippen LogP contribution in [-0.2, 0) is 11.2 Å². The number of carbonyl (C=O) groups excluding carboxylic acids is 2. The van der Waals surface area contributed by atoms with Crippen LogP contribution >= 0.6 is 0 Å². The number of rotatable bonds is 7. The van der Waals surface area contributed by atoms with Crippen LogP contribution in [0, 0.1) is 13.8 Å². The van der Waals surface area contributed by atoms with Crippen LogP contribution in [-0.4, -0.2) is 61.3 Å². The quantitative estimate of drug-likeness (QED) is 0.677. The lowest BCUT2D eigenvalue weighted by Gasteiger charge is -2.34. The van der Waals surface area contributed by atoms with E-state index in [-0.39, 0.29) is 11.7 Å². The molecule has 29 heavy (non-hydrogen) atoms. The molecule has 0 spiro atoms. The average molecular weight is 395 g/mol. The predicted octanol–water partition coefficient (Wildman–Crippen LogP) is 3.27. The van der Waals surface area contributed by atoms with Crippen LogP contribution in [0.15, 0.2) is 42.5 Å². The Morgan fingerprint density at radius 2 is 1.72 bits per heavy atom. The summed E-state index contributed by atoms with van der Waals surface area (Å²) in [6.45, 7) is 7.32. The zero-order valence-electron chi connectivity index (χ0n) is 17.6. The molecule has 1 aliphatic rings. The Balaban J connectivity index is 1.45. The predicted molar refractivity (Wildman–Crippen MR) is 115 cm³/mol. The number of benzene rings is 2. The van der Waals surface area contributed by atoms with E-state index in [0.29, 0.717) is 32.5 Å². The molecular weight excluding hydrogens is 364 g/mol. The summed E-state index contributed by atoms with van der Waals surface area (Å²) in [7, 11) is 1.65. The lowest BCUT2D eigenvalue weighted by molar-refractivity contribution is -0.132. The fraction of sp³-hybridized carbons (Fsp3) is 0.417. The Morgan fingerprint density at radius 3 is 2.41 bits per heavy atom. The molecule has 0 aliphatic carbocycles. The second-order valence-electron chi connectivity index (χ2n) is 7.73. The average Bonchev–Trinajstić information content (AvgIpc) is 2.74. The normalized spacial score (nSPS) is 14.7. The molecule has 1 aliphatic heterocycles. The van der Waals surface area contributed by atoms with Gasteiger partial charge in [0.25, 0.3) is 0 Å². The molecule has 1 fully saturated rings. The number of carbonyl (C=O) groups is 2. The Morgan fingerprint density at radius 1 is 0.966 bits per heavy atom. The van der Waals surface area contributed by atoms with E-state index in [4.69, 9.17) is 4.74 Å². The molecule has 0 aromatic heterocycles. The van der Waals surface area contributed by atoms with Gasteiger partial charge < -0.3 is 9.64 Å². The molecule has 3 rings (SSSR count). The van der Waals surface area contributed by atoms with Gasteiger partial charge in [-0.3, -0.25) is 14.5 Å². The summed E-state index contributed by atoms with van der Waals surface area (Å²) in [6.07, 6.45) is 1.20. The van der Waals surface area contributed by atoms with Gasteiger partial charge in [0, 0.05) is 38.2 Å². The largest absolute Gasteiger partial charge is 0.497 e. The van der Waals surface area contributed by atoms with Crippen LogP contribution in [0.25, 0.3) is 0 Å². The van der Waals surface area contributed by atoms with E-state index >= 15 is 0 Å². The van der Waals surface area contributed by atoms with Crippen LogP contribution in [0.2, 0.25) is 0 Å². The van der Waals surface area contributed by atoms with E-state index < -0.39 is 0 Å². The smallest absolute Gasteiger partial charge is 0.222 e. The molecule has 0 unspecified atom stereocenters. The maximum absolute atomic E-state index is 12.6. The van der Waals surface area contributed by atoms with Gasteiger partial charge in [-0.1, -0.05) is 24.3 Å². The summed E-state index contributed by atoms with van der Waals surface area (Å²) in [5, 5.41) is 0. The van der Waals surface area contributed by atoms with E-state index in [0.717, 1.165) is 35.5 Å². The number of ketones is 1. The molecule has 0 bridgehead atoms. The first-order chi connectivity index (χ1) is 14.0. The van der Waals surface area contributed by atoms with E-state index in [1.807, 2.05) is 61.2 Å². The highest BCUT2D eigenvalue weighted by molar-refractivity contribution is 5.97. The molecule has 0 saturated carbocycles. The van der Waals surface area contributed by atoms with Gasteiger partial charge in [-0.15, -0.1) is 0 Å². The summed E-state index contributed by atoms with van der Waals surface area (Å²) >= 11 is 0. The number of hydrogen-bond donors (Lipinski definition) is 0. The molecule has 1 saturated heterocycles. The number of nitrogens with zero attached hydrogens (tertiary/aromatic N) is 2. The van der Waals surface area contributed by atoms with Crippen molar-refractivity contribution in [2.45, 2.75) is 26.7 Å². The Labute approximate surface area is 173 Å². The zero-order valence-corrected chi connectivity index (χ0v) is 17.6. The topological polar surface area (TPSA) is 49.9 Å². The molecule has 154 valence electrons. The van der Waals surface area contributed by atoms with Crippen molar-refractivity contribution in [2.24, 2.45) is 0 Å². The summed E-state index contributed by atoms with van der Waals surface area (Å²) in [6, 6.07) is 13.7. The summed E-state index contributed by atoms with van der Waals surface area (Å²) < 4.78 is 5.24. The number of hydrogen-bond acceptors (Lipinski definition) is 4. The highest BCUT2D eigenvalue weighted by Gasteiger charge is 2.22. The Kier molecular flexibility index (Phi) is 7.04. The van der Waals surface area contributed by atoms with Crippen LogP contribution < -0.4 is 4.74 Å². The zero-order chi connectivity index (χ0) is 20.8. The van der Waals surface area contributed by atoms with Crippen LogP contribution in [0.1, 0.15) is 33.5 Å². The lowest BCUT2D eigenvalue weighted by Crippen LogP contribution is -2.50. The third kappa shape index (κ3) is 5.67. The van der Waals surface area contributed by atoms with Gasteiger partial charge in [-0.05, 0) is 55.2 Å². The molecule has 0 atom stereocenters. The molecule has 2 aromatic carbocycles. The fourth-order valence-electron chi connectivity index (χ4n) is 3.60. The second kappa shape index (κ2) is 9.70. The van der Waals surface area contributed by atoms with Crippen molar-refractivity contribution in [3.05, 3.63) is 64.7 Å². The molecule has 5 nitrogen and oxygen atoms in total.